The zero-order valence-electron chi connectivity index (χ0n) is 11.4. The summed E-state index contributed by atoms with van der Waals surface area (Å²) in [4.78, 5) is 22.3. The van der Waals surface area contributed by atoms with Crippen LogP contribution in [0, 0.1) is 20.2 Å². The second kappa shape index (κ2) is 5.88. The summed E-state index contributed by atoms with van der Waals surface area (Å²) in [5.41, 5.74) is -0.127. The molecule has 1 N–H and O–H groups in total. The minimum atomic E-state index is -1.64. The molecule has 0 aliphatic carbocycles. The van der Waals surface area contributed by atoms with Gasteiger partial charge >= 0.3 is 0 Å². The lowest BCUT2D eigenvalue weighted by Crippen LogP contribution is -2.31. The maximum atomic E-state index is 12.2. The molecule has 2 unspecified atom stereocenters. The van der Waals surface area contributed by atoms with E-state index in [1.807, 2.05) is 0 Å². The first-order chi connectivity index (χ1) is 9.97. The monoisotopic (exact) mass is 293 g/mol. The molecule has 8 nitrogen and oxygen atoms in total. The van der Waals surface area contributed by atoms with Gasteiger partial charge in [0.1, 0.15) is 11.2 Å². The van der Waals surface area contributed by atoms with Gasteiger partial charge in [-0.2, -0.15) is 0 Å². The van der Waals surface area contributed by atoms with Crippen LogP contribution in [0.1, 0.15) is 31.6 Å². The number of aliphatic hydroxyl groups is 1. The summed E-state index contributed by atoms with van der Waals surface area (Å²) < 4.78 is 0.811. The molecule has 1 aromatic heterocycles. The first-order valence-corrected chi connectivity index (χ1v) is 6.53. The number of nitrogens with zero attached hydrogens (tertiary/aromatic N) is 3. The topological polar surface area (TPSA) is 114 Å². The van der Waals surface area contributed by atoms with Crippen molar-refractivity contribution in [2.75, 3.05) is 0 Å². The molecule has 2 atom stereocenters. The van der Waals surface area contributed by atoms with Crippen molar-refractivity contribution in [1.29, 1.82) is 0 Å². The smallest absolute Gasteiger partial charge is 0.285 e. The van der Waals surface area contributed by atoms with E-state index in [0.717, 1.165) is 6.20 Å². The van der Waals surface area contributed by atoms with Crippen molar-refractivity contribution in [3.8, 4) is 0 Å². The molecule has 0 aliphatic rings. The average molecular weight is 293 g/mol. The van der Waals surface area contributed by atoms with Crippen LogP contribution in [0.15, 0.2) is 30.5 Å². The molecule has 0 fully saturated rings. The fourth-order valence-electron chi connectivity index (χ4n) is 2.27. The van der Waals surface area contributed by atoms with Crippen molar-refractivity contribution >= 4 is 11.0 Å². The zero-order valence-corrected chi connectivity index (χ0v) is 11.4. The highest BCUT2D eigenvalue weighted by Gasteiger charge is 2.33. The summed E-state index contributed by atoms with van der Waals surface area (Å²) >= 11 is 0. The molecule has 0 amide bonds. The fraction of sp³-hybridized carbons (Fsp3) is 0.385. The second-order valence-electron chi connectivity index (χ2n) is 4.75. The number of hydrogen-bond donors (Lipinski definition) is 1. The molecule has 21 heavy (non-hydrogen) atoms. The summed E-state index contributed by atoms with van der Waals surface area (Å²) in [5, 5.41) is 33.4. The van der Waals surface area contributed by atoms with Gasteiger partial charge in [0.25, 0.3) is 11.7 Å². The number of para-hydroxylation sites is 2. The highest BCUT2D eigenvalue weighted by Crippen LogP contribution is 2.23. The molecule has 1 heterocycles. The molecule has 0 saturated heterocycles. The quantitative estimate of drug-likeness (QED) is 0.508. The van der Waals surface area contributed by atoms with E-state index in [4.69, 9.17) is 0 Å². The van der Waals surface area contributed by atoms with Gasteiger partial charge in [0.2, 0.25) is 6.04 Å². The Bertz CT molecular complexity index is 727. The molecule has 0 saturated carbocycles. The first-order valence-electron chi connectivity index (χ1n) is 6.53. The lowest BCUT2D eigenvalue weighted by molar-refractivity contribution is -0.537. The minimum absolute atomic E-state index is 0.0580. The fourth-order valence-corrected chi connectivity index (χ4v) is 2.27. The van der Waals surface area contributed by atoms with Crippen molar-refractivity contribution in [2.45, 2.75) is 31.9 Å². The maximum Gasteiger partial charge on any atom is 0.285 e. The number of hydrogen-bond acceptors (Lipinski definition) is 5. The molecule has 1 aromatic carbocycles. The van der Waals surface area contributed by atoms with Gasteiger partial charge in [-0.1, -0.05) is 19.1 Å². The Morgan fingerprint density at radius 2 is 2.10 bits per heavy atom. The normalized spacial score (nSPS) is 14.0. The molecular weight excluding hydrogens is 278 g/mol. The van der Waals surface area contributed by atoms with Gasteiger partial charge in [-0.05, 0) is 12.5 Å². The molecule has 0 spiro atoms. The second-order valence-corrected chi connectivity index (χ2v) is 4.75. The van der Waals surface area contributed by atoms with E-state index in [1.54, 1.807) is 19.1 Å². The van der Waals surface area contributed by atoms with Gasteiger partial charge in [0.15, 0.2) is 6.10 Å². The molecular formula is C13H15N3O5. The van der Waals surface area contributed by atoms with Gasteiger partial charge < -0.3 is 15.0 Å². The molecule has 2 aromatic rings. The van der Waals surface area contributed by atoms with Crippen LogP contribution in [0.4, 0.5) is 0 Å². The molecule has 8 heteroatoms. The van der Waals surface area contributed by atoms with Crippen LogP contribution in [0.3, 0.4) is 0 Å². The zero-order chi connectivity index (χ0) is 15.6. The number of benzene rings is 1. The minimum Gasteiger partial charge on any atom is -0.805 e. The van der Waals surface area contributed by atoms with Crippen molar-refractivity contribution in [1.82, 2.24) is 4.73 Å². The first kappa shape index (κ1) is 14.9. The summed E-state index contributed by atoms with van der Waals surface area (Å²) in [7, 11) is 0. The van der Waals surface area contributed by atoms with Gasteiger partial charge in [-0.3, -0.25) is 10.1 Å². The van der Waals surface area contributed by atoms with E-state index in [2.05, 4.69) is 0 Å². The largest absolute Gasteiger partial charge is 0.805 e. The van der Waals surface area contributed by atoms with Crippen LogP contribution < -0.4 is 4.43 Å². The highest BCUT2D eigenvalue weighted by molar-refractivity contribution is 5.71. The Morgan fingerprint density at radius 1 is 1.43 bits per heavy atom. The molecule has 0 radical (unpaired) electrons. The van der Waals surface area contributed by atoms with E-state index >= 15 is 0 Å². The predicted molar refractivity (Wildman–Crippen MR) is 74.7 cm³/mol. The Morgan fingerprint density at radius 3 is 2.71 bits per heavy atom. The Balaban J connectivity index is 2.58. The number of fused-ring (bicyclic) bond motifs is 1. The van der Waals surface area contributed by atoms with Gasteiger partial charge in [-0.15, -0.1) is 0 Å². The standard InChI is InChI=1S/C13H15N3O5/c1-2-5-11(16(20)21)13(17)12-8-14(18)9-6-3-4-7-10(9)15(12)19/h3-4,6-8,11,13,17H,2,5H2,1H3. The van der Waals surface area contributed by atoms with Crippen molar-refractivity contribution in [3.63, 3.8) is 0 Å². The lowest BCUT2D eigenvalue weighted by Gasteiger charge is -2.22. The van der Waals surface area contributed by atoms with Gasteiger partial charge in [0.05, 0.1) is 4.43 Å². The summed E-state index contributed by atoms with van der Waals surface area (Å²) in [6.07, 6.45) is -0.152. The van der Waals surface area contributed by atoms with Gasteiger partial charge in [0, 0.05) is 22.3 Å². The van der Waals surface area contributed by atoms with E-state index in [1.165, 1.54) is 12.1 Å². The van der Waals surface area contributed by atoms with E-state index in [-0.39, 0.29) is 23.1 Å². The molecule has 0 aliphatic heterocycles. The van der Waals surface area contributed by atoms with Crippen LogP contribution in [0.2, 0.25) is 0 Å². The molecule has 0 bridgehead atoms. The Labute approximate surface area is 119 Å². The Kier molecular flexibility index (Phi) is 4.18. The van der Waals surface area contributed by atoms with Crippen molar-refractivity contribution < 1.29 is 14.5 Å². The lowest BCUT2D eigenvalue weighted by atomic mass is 10.0. The van der Waals surface area contributed by atoms with Crippen LogP contribution >= 0.6 is 0 Å². The van der Waals surface area contributed by atoms with Gasteiger partial charge in [-0.25, -0.2) is 0 Å². The Hall–Kier alpha value is -2.48. The summed E-state index contributed by atoms with van der Waals surface area (Å²) in [5.74, 6) is 0. The van der Waals surface area contributed by atoms with Crippen LogP contribution in [0.25, 0.3) is 11.0 Å². The van der Waals surface area contributed by atoms with E-state index in [0.29, 0.717) is 15.6 Å². The third kappa shape index (κ3) is 2.70. The third-order valence-electron chi connectivity index (χ3n) is 3.34. The highest BCUT2D eigenvalue weighted by atomic mass is 16.6. The number of aromatic nitrogens is 2. The van der Waals surface area contributed by atoms with Crippen LogP contribution in [0.5, 0.6) is 0 Å². The third-order valence-corrected chi connectivity index (χ3v) is 3.34. The SMILES string of the molecule is CCCC(C(O)c1c[n+](=O)c2ccccc2n1[O-])[N+](=O)[O-]. The molecule has 2 rings (SSSR count). The molecule has 112 valence electrons. The average Bonchev–Trinajstić information content (AvgIpc) is 2.47. The van der Waals surface area contributed by atoms with Crippen molar-refractivity contribution in [2.24, 2.45) is 0 Å². The number of aliphatic hydroxyl groups excluding tert-OH is 1. The van der Waals surface area contributed by atoms with Crippen LogP contribution in [-0.2, 0) is 0 Å². The predicted octanol–water partition coefficient (Wildman–Crippen LogP) is 1.38. The summed E-state index contributed by atoms with van der Waals surface area (Å²) in [6.45, 7) is 1.74. The number of rotatable bonds is 5. The van der Waals surface area contributed by atoms with E-state index in [9.17, 15) is 25.3 Å². The maximum absolute atomic E-state index is 12.2. The van der Waals surface area contributed by atoms with E-state index < -0.39 is 17.1 Å². The number of nitro groups is 1. The van der Waals surface area contributed by atoms with Crippen molar-refractivity contribution in [3.05, 3.63) is 56.4 Å². The summed E-state index contributed by atoms with van der Waals surface area (Å²) in [6, 6.07) is 4.74. The van der Waals surface area contributed by atoms with Crippen LogP contribution in [-0.4, -0.2) is 20.8 Å².